The second kappa shape index (κ2) is 5.78. The van der Waals surface area contributed by atoms with Crippen molar-refractivity contribution in [2.45, 2.75) is 44.6 Å². The third-order valence-corrected chi connectivity index (χ3v) is 3.75. The lowest BCUT2D eigenvalue weighted by molar-refractivity contribution is -0.125. The van der Waals surface area contributed by atoms with Crippen LogP contribution in [0.25, 0.3) is 0 Å². The fraction of sp³-hybridized carbons (Fsp3) is 0.923. The number of rotatable bonds is 4. The van der Waals surface area contributed by atoms with Crippen molar-refractivity contribution in [2.24, 2.45) is 5.92 Å². The highest BCUT2D eigenvalue weighted by Gasteiger charge is 2.25. The van der Waals surface area contributed by atoms with Crippen LogP contribution in [0.2, 0.25) is 0 Å². The van der Waals surface area contributed by atoms with Crippen LogP contribution in [0.1, 0.15) is 38.5 Å². The van der Waals surface area contributed by atoms with E-state index in [9.17, 15) is 4.79 Å². The molecule has 2 fully saturated rings. The van der Waals surface area contributed by atoms with Gasteiger partial charge in [0.05, 0.1) is 6.10 Å². The van der Waals surface area contributed by atoms with Crippen molar-refractivity contribution >= 4 is 5.78 Å². The van der Waals surface area contributed by atoms with Gasteiger partial charge in [-0.1, -0.05) is 6.42 Å². The van der Waals surface area contributed by atoms with Gasteiger partial charge in [0.2, 0.25) is 0 Å². The predicted molar refractivity (Wildman–Crippen MR) is 63.4 cm³/mol. The van der Waals surface area contributed by atoms with E-state index in [1.807, 2.05) is 0 Å². The van der Waals surface area contributed by atoms with Crippen LogP contribution in [0.4, 0.5) is 0 Å². The van der Waals surface area contributed by atoms with E-state index < -0.39 is 0 Å². The molecule has 1 aliphatic heterocycles. The molecule has 0 spiro atoms. The molecular formula is C13H23NO2. The molecule has 1 aliphatic carbocycles. The van der Waals surface area contributed by atoms with Gasteiger partial charge in [-0.3, -0.25) is 4.79 Å². The van der Waals surface area contributed by atoms with Gasteiger partial charge in [-0.15, -0.1) is 0 Å². The molecular weight excluding hydrogens is 202 g/mol. The van der Waals surface area contributed by atoms with Crippen LogP contribution < -0.4 is 0 Å². The van der Waals surface area contributed by atoms with Gasteiger partial charge in [-0.05, 0) is 32.7 Å². The van der Waals surface area contributed by atoms with Crippen LogP contribution in [0.15, 0.2) is 0 Å². The van der Waals surface area contributed by atoms with Crippen molar-refractivity contribution in [1.82, 2.24) is 4.90 Å². The Morgan fingerprint density at radius 3 is 2.81 bits per heavy atom. The van der Waals surface area contributed by atoms with E-state index >= 15 is 0 Å². The summed E-state index contributed by atoms with van der Waals surface area (Å²) in [7, 11) is 2.11. The molecule has 2 rings (SSSR count). The van der Waals surface area contributed by atoms with Gasteiger partial charge in [0.1, 0.15) is 5.78 Å². The second-order valence-corrected chi connectivity index (χ2v) is 5.27. The number of carbonyl (C=O) groups is 1. The zero-order valence-corrected chi connectivity index (χ0v) is 10.3. The van der Waals surface area contributed by atoms with Gasteiger partial charge >= 0.3 is 0 Å². The standard InChI is InChI=1S/C13H23NO2/c1-14(10-12-6-4-8-16-12)9-11-5-2-3-7-13(11)15/h11-12H,2-10H2,1H3. The molecule has 0 radical (unpaired) electrons. The van der Waals surface area contributed by atoms with Crippen LogP contribution in [0.5, 0.6) is 0 Å². The summed E-state index contributed by atoms with van der Waals surface area (Å²) in [6.07, 6.45) is 7.01. The largest absolute Gasteiger partial charge is 0.377 e. The molecule has 0 aromatic heterocycles. The Balaban J connectivity index is 1.72. The normalized spacial score (nSPS) is 31.2. The van der Waals surface area contributed by atoms with E-state index in [1.54, 1.807) is 0 Å². The van der Waals surface area contributed by atoms with Gasteiger partial charge in [-0.2, -0.15) is 0 Å². The highest BCUT2D eigenvalue weighted by atomic mass is 16.5. The predicted octanol–water partition coefficient (Wildman–Crippen LogP) is 1.86. The van der Waals surface area contributed by atoms with Crippen LogP contribution >= 0.6 is 0 Å². The van der Waals surface area contributed by atoms with Crippen molar-refractivity contribution in [1.29, 1.82) is 0 Å². The number of ketones is 1. The zero-order chi connectivity index (χ0) is 11.4. The van der Waals surface area contributed by atoms with E-state index in [0.717, 1.165) is 39.0 Å². The lowest BCUT2D eigenvalue weighted by Gasteiger charge is -2.27. The lowest BCUT2D eigenvalue weighted by atomic mass is 9.87. The third-order valence-electron chi connectivity index (χ3n) is 3.75. The summed E-state index contributed by atoms with van der Waals surface area (Å²) in [4.78, 5) is 14.0. The Hall–Kier alpha value is -0.410. The number of ether oxygens (including phenoxy) is 1. The average Bonchev–Trinajstić information content (AvgIpc) is 2.74. The highest BCUT2D eigenvalue weighted by Crippen LogP contribution is 2.22. The van der Waals surface area contributed by atoms with Gasteiger partial charge in [0.25, 0.3) is 0 Å². The fourth-order valence-electron chi connectivity index (χ4n) is 2.83. The van der Waals surface area contributed by atoms with Crippen LogP contribution in [-0.4, -0.2) is 43.5 Å². The molecule has 16 heavy (non-hydrogen) atoms. The van der Waals surface area contributed by atoms with Crippen molar-refractivity contribution in [3.8, 4) is 0 Å². The van der Waals surface area contributed by atoms with E-state index in [1.165, 1.54) is 19.3 Å². The molecule has 0 aromatic rings. The third kappa shape index (κ3) is 3.29. The van der Waals surface area contributed by atoms with Gasteiger partial charge < -0.3 is 9.64 Å². The SMILES string of the molecule is CN(CC1CCCO1)CC1CCCCC1=O. The number of likely N-dealkylation sites (N-methyl/N-ethyl adjacent to an activating group) is 1. The molecule has 1 saturated carbocycles. The molecule has 3 heteroatoms. The summed E-state index contributed by atoms with van der Waals surface area (Å²) >= 11 is 0. The number of Topliss-reactive ketones (excluding diaryl/α,β-unsaturated/α-hetero) is 1. The monoisotopic (exact) mass is 225 g/mol. The molecule has 0 N–H and O–H groups in total. The highest BCUT2D eigenvalue weighted by molar-refractivity contribution is 5.81. The lowest BCUT2D eigenvalue weighted by Crippen LogP contribution is -2.36. The number of carbonyl (C=O) groups excluding carboxylic acids is 1. The topological polar surface area (TPSA) is 29.5 Å². The minimum Gasteiger partial charge on any atom is -0.377 e. The number of hydrogen-bond donors (Lipinski definition) is 0. The maximum atomic E-state index is 11.7. The van der Waals surface area contributed by atoms with E-state index in [4.69, 9.17) is 4.74 Å². The Morgan fingerprint density at radius 2 is 2.12 bits per heavy atom. The van der Waals surface area contributed by atoms with Crippen molar-refractivity contribution in [3.63, 3.8) is 0 Å². The first-order valence-electron chi connectivity index (χ1n) is 6.58. The van der Waals surface area contributed by atoms with E-state index in [-0.39, 0.29) is 0 Å². The average molecular weight is 225 g/mol. The Bertz CT molecular complexity index is 236. The molecule has 1 saturated heterocycles. The van der Waals surface area contributed by atoms with Crippen LogP contribution in [0.3, 0.4) is 0 Å². The maximum Gasteiger partial charge on any atom is 0.137 e. The van der Waals surface area contributed by atoms with E-state index in [0.29, 0.717) is 17.8 Å². The quantitative estimate of drug-likeness (QED) is 0.731. The Morgan fingerprint density at radius 1 is 1.25 bits per heavy atom. The Kier molecular flexibility index (Phi) is 4.36. The summed E-state index contributed by atoms with van der Waals surface area (Å²) in [6, 6.07) is 0. The van der Waals surface area contributed by atoms with Gasteiger partial charge in [0, 0.05) is 32.0 Å². The number of hydrogen-bond acceptors (Lipinski definition) is 3. The Labute approximate surface area is 98.1 Å². The molecule has 2 unspecified atom stereocenters. The van der Waals surface area contributed by atoms with E-state index in [2.05, 4.69) is 11.9 Å². The summed E-state index contributed by atoms with van der Waals surface area (Å²) in [6.45, 7) is 2.84. The first kappa shape index (κ1) is 12.1. The minimum absolute atomic E-state index is 0.292. The smallest absolute Gasteiger partial charge is 0.137 e. The number of nitrogens with zero attached hydrogens (tertiary/aromatic N) is 1. The van der Waals surface area contributed by atoms with Crippen LogP contribution in [0, 0.1) is 5.92 Å². The van der Waals surface area contributed by atoms with Crippen molar-refractivity contribution < 1.29 is 9.53 Å². The first-order valence-corrected chi connectivity index (χ1v) is 6.58. The molecule has 0 bridgehead atoms. The van der Waals surface area contributed by atoms with Gasteiger partial charge in [0.15, 0.2) is 0 Å². The summed E-state index contributed by atoms with van der Waals surface area (Å²) < 4.78 is 5.61. The van der Waals surface area contributed by atoms with Crippen molar-refractivity contribution in [3.05, 3.63) is 0 Å². The molecule has 0 aromatic carbocycles. The fourth-order valence-corrected chi connectivity index (χ4v) is 2.83. The molecule has 1 heterocycles. The van der Waals surface area contributed by atoms with Crippen molar-refractivity contribution in [2.75, 3.05) is 26.7 Å². The molecule has 92 valence electrons. The van der Waals surface area contributed by atoms with Crippen LogP contribution in [-0.2, 0) is 9.53 Å². The second-order valence-electron chi connectivity index (χ2n) is 5.27. The summed E-state index contributed by atoms with van der Waals surface area (Å²) in [5.41, 5.74) is 0. The first-order chi connectivity index (χ1) is 7.75. The molecule has 2 atom stereocenters. The zero-order valence-electron chi connectivity index (χ0n) is 10.3. The van der Waals surface area contributed by atoms with Gasteiger partial charge in [-0.25, -0.2) is 0 Å². The molecule has 3 nitrogen and oxygen atoms in total. The minimum atomic E-state index is 0.292. The molecule has 0 amide bonds. The maximum absolute atomic E-state index is 11.7. The summed E-state index contributed by atoms with van der Waals surface area (Å²) in [5.74, 6) is 0.769. The summed E-state index contributed by atoms with van der Waals surface area (Å²) in [5, 5.41) is 0. The molecule has 2 aliphatic rings.